The van der Waals surface area contributed by atoms with Crippen LogP contribution in [0, 0.1) is 11.8 Å². The largest absolute Gasteiger partial charge is 0.383 e. The van der Waals surface area contributed by atoms with Gasteiger partial charge in [0.15, 0.2) is 5.96 Å². The lowest BCUT2D eigenvalue weighted by Crippen LogP contribution is -2.41. The SMILES string of the molecule is COCCN=C(Nc1ccc(Cl)cc1Cl)NC1CCC(CC2CCC(N)CC2)CC1. The number of anilines is 1. The molecule has 4 N–H and O–H groups in total. The predicted molar refractivity (Wildman–Crippen MR) is 128 cm³/mol. The standard InChI is InChI=1S/C23H36Cl2N4O/c1-30-13-12-27-23(29-22-11-6-18(24)15-21(22)25)28-20-9-4-17(5-10-20)14-16-2-7-19(26)8-3-16/h6,11,15-17,19-20H,2-5,7-10,12-14,26H2,1H3,(H2,27,28,29). The summed E-state index contributed by atoms with van der Waals surface area (Å²) in [7, 11) is 1.69. The number of halogens is 2. The zero-order valence-electron chi connectivity index (χ0n) is 18.0. The van der Waals surface area contributed by atoms with Gasteiger partial charge in [0.25, 0.3) is 0 Å². The first-order chi connectivity index (χ1) is 14.5. The van der Waals surface area contributed by atoms with Gasteiger partial charge in [0.1, 0.15) is 0 Å². The molecule has 2 aliphatic carbocycles. The molecule has 0 bridgehead atoms. The van der Waals surface area contributed by atoms with Crippen molar-refractivity contribution in [3.05, 3.63) is 28.2 Å². The number of methoxy groups -OCH3 is 1. The van der Waals surface area contributed by atoms with E-state index in [1.54, 1.807) is 13.2 Å². The first kappa shape index (κ1) is 23.6. The summed E-state index contributed by atoms with van der Waals surface area (Å²) in [5.41, 5.74) is 6.86. The number of guanidine groups is 1. The fourth-order valence-corrected chi connectivity index (χ4v) is 5.18. The minimum Gasteiger partial charge on any atom is -0.383 e. The van der Waals surface area contributed by atoms with E-state index in [9.17, 15) is 0 Å². The topological polar surface area (TPSA) is 71.7 Å². The Morgan fingerprint density at radius 2 is 1.73 bits per heavy atom. The molecule has 0 atom stereocenters. The molecule has 0 spiro atoms. The van der Waals surface area contributed by atoms with Crippen LogP contribution in [0.25, 0.3) is 0 Å². The highest BCUT2D eigenvalue weighted by Gasteiger charge is 2.26. The third kappa shape index (κ3) is 7.60. The highest BCUT2D eigenvalue weighted by atomic mass is 35.5. The fourth-order valence-electron chi connectivity index (χ4n) is 4.72. The van der Waals surface area contributed by atoms with Crippen LogP contribution in [0.1, 0.15) is 57.8 Å². The maximum Gasteiger partial charge on any atom is 0.196 e. The van der Waals surface area contributed by atoms with Crippen LogP contribution in [0.2, 0.25) is 10.0 Å². The molecule has 0 radical (unpaired) electrons. The van der Waals surface area contributed by atoms with Gasteiger partial charge in [-0.05, 0) is 87.8 Å². The summed E-state index contributed by atoms with van der Waals surface area (Å²) >= 11 is 12.4. The Balaban J connectivity index is 1.50. The molecule has 1 aromatic carbocycles. The Morgan fingerprint density at radius 1 is 1.07 bits per heavy atom. The Bertz CT molecular complexity index is 684. The number of rotatable bonds is 7. The highest BCUT2D eigenvalue weighted by Crippen LogP contribution is 2.35. The smallest absolute Gasteiger partial charge is 0.196 e. The monoisotopic (exact) mass is 454 g/mol. The maximum atomic E-state index is 6.34. The molecule has 0 aliphatic heterocycles. The molecule has 1 aromatic rings. The van der Waals surface area contributed by atoms with Crippen LogP contribution in [0.5, 0.6) is 0 Å². The van der Waals surface area contributed by atoms with E-state index in [0.717, 1.165) is 23.5 Å². The normalized spacial score (nSPS) is 27.7. The van der Waals surface area contributed by atoms with Crippen molar-refractivity contribution in [2.45, 2.75) is 69.9 Å². The number of benzene rings is 1. The minimum absolute atomic E-state index is 0.431. The van der Waals surface area contributed by atoms with E-state index < -0.39 is 0 Å². The summed E-state index contributed by atoms with van der Waals surface area (Å²) in [4.78, 5) is 4.65. The third-order valence-corrected chi connectivity index (χ3v) is 7.04. The zero-order chi connectivity index (χ0) is 21.3. The van der Waals surface area contributed by atoms with Crippen molar-refractivity contribution in [2.24, 2.45) is 22.6 Å². The van der Waals surface area contributed by atoms with Crippen molar-refractivity contribution >= 4 is 34.8 Å². The summed E-state index contributed by atoms with van der Waals surface area (Å²) in [5, 5.41) is 8.16. The van der Waals surface area contributed by atoms with Gasteiger partial charge in [0, 0.05) is 24.2 Å². The van der Waals surface area contributed by atoms with Crippen LogP contribution >= 0.6 is 23.2 Å². The van der Waals surface area contributed by atoms with Gasteiger partial charge in [-0.15, -0.1) is 0 Å². The van der Waals surface area contributed by atoms with E-state index >= 15 is 0 Å². The number of nitrogens with two attached hydrogens (primary N) is 1. The second-order valence-electron chi connectivity index (χ2n) is 8.85. The molecular weight excluding hydrogens is 419 g/mol. The zero-order valence-corrected chi connectivity index (χ0v) is 19.5. The van der Waals surface area contributed by atoms with E-state index in [2.05, 4.69) is 15.6 Å². The molecule has 2 fully saturated rings. The van der Waals surface area contributed by atoms with Crippen LogP contribution < -0.4 is 16.4 Å². The first-order valence-corrected chi connectivity index (χ1v) is 12.1. The summed E-state index contributed by atoms with van der Waals surface area (Å²) in [5.74, 6) is 2.50. The maximum absolute atomic E-state index is 6.34. The summed E-state index contributed by atoms with van der Waals surface area (Å²) in [6, 6.07) is 6.32. The molecule has 0 amide bonds. The van der Waals surface area contributed by atoms with Gasteiger partial charge in [0.2, 0.25) is 0 Å². The van der Waals surface area contributed by atoms with Crippen molar-refractivity contribution in [3.8, 4) is 0 Å². The van der Waals surface area contributed by atoms with Crippen molar-refractivity contribution in [3.63, 3.8) is 0 Å². The minimum atomic E-state index is 0.431. The van der Waals surface area contributed by atoms with Crippen molar-refractivity contribution < 1.29 is 4.74 Å². The average Bonchev–Trinajstić information content (AvgIpc) is 2.73. The molecular formula is C23H36Cl2N4O. The number of hydrogen-bond acceptors (Lipinski definition) is 3. The van der Waals surface area contributed by atoms with E-state index in [0.29, 0.717) is 35.3 Å². The molecule has 30 heavy (non-hydrogen) atoms. The van der Waals surface area contributed by atoms with Gasteiger partial charge in [-0.2, -0.15) is 0 Å². The second-order valence-corrected chi connectivity index (χ2v) is 9.69. The molecule has 0 saturated heterocycles. The van der Waals surface area contributed by atoms with E-state index in [-0.39, 0.29) is 0 Å². The lowest BCUT2D eigenvalue weighted by atomic mass is 9.76. The quantitative estimate of drug-likeness (QED) is 0.290. The summed E-state index contributed by atoms with van der Waals surface area (Å²) in [6.45, 7) is 1.18. The van der Waals surface area contributed by atoms with Crippen LogP contribution in [0.3, 0.4) is 0 Å². The van der Waals surface area contributed by atoms with Gasteiger partial charge in [-0.25, -0.2) is 0 Å². The number of nitrogens with one attached hydrogen (secondary N) is 2. The molecule has 2 aliphatic rings. The third-order valence-electron chi connectivity index (χ3n) is 6.50. The van der Waals surface area contributed by atoms with Gasteiger partial charge in [0.05, 0.1) is 23.9 Å². The Hall–Kier alpha value is -1.01. The van der Waals surface area contributed by atoms with Crippen LogP contribution in [0.15, 0.2) is 23.2 Å². The van der Waals surface area contributed by atoms with Gasteiger partial charge in [-0.3, -0.25) is 4.99 Å². The van der Waals surface area contributed by atoms with Crippen LogP contribution in [0.4, 0.5) is 5.69 Å². The molecule has 0 aromatic heterocycles. The van der Waals surface area contributed by atoms with Crippen LogP contribution in [-0.4, -0.2) is 38.3 Å². The number of hydrogen-bond donors (Lipinski definition) is 3. The Morgan fingerprint density at radius 3 is 2.37 bits per heavy atom. The Labute approximate surface area is 191 Å². The molecule has 2 saturated carbocycles. The van der Waals surface area contributed by atoms with Gasteiger partial charge in [-0.1, -0.05) is 23.2 Å². The number of aliphatic imine (C=N–C) groups is 1. The molecule has 7 heteroatoms. The van der Waals surface area contributed by atoms with Gasteiger partial charge < -0.3 is 21.1 Å². The van der Waals surface area contributed by atoms with Crippen molar-refractivity contribution in [1.82, 2.24) is 5.32 Å². The van der Waals surface area contributed by atoms with Gasteiger partial charge >= 0.3 is 0 Å². The fraction of sp³-hybridized carbons (Fsp3) is 0.696. The molecule has 5 nitrogen and oxygen atoms in total. The predicted octanol–water partition coefficient (Wildman–Crippen LogP) is 5.46. The summed E-state index contributed by atoms with van der Waals surface area (Å²) in [6.07, 6.45) is 11.4. The Kier molecular flexibility index (Phi) is 9.57. The lowest BCUT2D eigenvalue weighted by molar-refractivity contribution is 0.207. The summed E-state index contributed by atoms with van der Waals surface area (Å²) < 4.78 is 5.15. The number of ether oxygens (including phenoxy) is 1. The number of nitrogens with zero attached hydrogens (tertiary/aromatic N) is 1. The molecule has 0 heterocycles. The molecule has 168 valence electrons. The van der Waals surface area contributed by atoms with E-state index in [1.165, 1.54) is 57.8 Å². The highest BCUT2D eigenvalue weighted by molar-refractivity contribution is 6.36. The first-order valence-electron chi connectivity index (χ1n) is 11.3. The second kappa shape index (κ2) is 12.1. The molecule has 0 unspecified atom stereocenters. The van der Waals surface area contributed by atoms with E-state index in [4.69, 9.17) is 33.7 Å². The van der Waals surface area contributed by atoms with Crippen molar-refractivity contribution in [1.29, 1.82) is 0 Å². The van der Waals surface area contributed by atoms with E-state index in [1.807, 2.05) is 12.1 Å². The molecule has 3 rings (SSSR count). The van der Waals surface area contributed by atoms with Crippen molar-refractivity contribution in [2.75, 3.05) is 25.6 Å². The lowest BCUT2D eigenvalue weighted by Gasteiger charge is -2.34. The average molecular weight is 455 g/mol. The van der Waals surface area contributed by atoms with Crippen LogP contribution in [-0.2, 0) is 4.74 Å².